The molecule has 2 N–H and O–H groups in total. The zero-order valence-electron chi connectivity index (χ0n) is 46.8. The number of rotatable bonds is 26. The fourth-order valence-electron chi connectivity index (χ4n) is 11.1. The highest BCUT2D eigenvalue weighted by Gasteiger charge is 2.29. The molecule has 77 heavy (non-hydrogen) atoms. The van der Waals surface area contributed by atoms with E-state index in [1.807, 2.05) is 0 Å². The Morgan fingerprint density at radius 3 is 1.00 bits per heavy atom. The van der Waals surface area contributed by atoms with E-state index in [9.17, 15) is 10.2 Å². The largest absolute Gasteiger partial charge is 0.456 e. The summed E-state index contributed by atoms with van der Waals surface area (Å²) in [7, 11) is 17.0. The first-order valence-electron chi connectivity index (χ1n) is 27.6. The second kappa shape index (κ2) is 27.8. The molecule has 392 valence electrons. The summed E-state index contributed by atoms with van der Waals surface area (Å²) in [6.45, 7) is 2.16. The Kier molecular flexibility index (Phi) is 20.5. The van der Waals surface area contributed by atoms with Crippen LogP contribution < -0.4 is 37.5 Å². The number of benzene rings is 8. The molecule has 0 spiro atoms. The molecule has 0 aromatic heterocycles. The molecule has 8 aromatic rings. The van der Waals surface area contributed by atoms with Crippen LogP contribution in [0.25, 0.3) is 22.3 Å². The SMILES string of the molecule is CN(C)CCB(c1ccccc1)c1ccc(-c2cc(B(CO)CC(c3ccccc3)N(C)C)ccc2Oc2ccc(B(CO)CC(c3ccccc3)N(C)C)cc2-c2ccc(B(CCN(C)C)c3ccccc3)cc2)cc1. The Hall–Kier alpha value is -6.42. The zero-order valence-corrected chi connectivity index (χ0v) is 46.8. The van der Waals surface area contributed by atoms with Crippen molar-refractivity contribution in [3.8, 4) is 33.8 Å². The van der Waals surface area contributed by atoms with Crippen LogP contribution >= 0.6 is 0 Å². The number of aliphatic hydroxyl groups is 2. The minimum Gasteiger partial charge on any atom is -0.456 e. The summed E-state index contributed by atoms with van der Waals surface area (Å²) in [4.78, 5) is 9.02. The molecule has 0 radical (unpaired) electrons. The van der Waals surface area contributed by atoms with E-state index >= 15 is 0 Å². The van der Waals surface area contributed by atoms with Gasteiger partial charge >= 0.3 is 0 Å². The molecule has 0 fully saturated rings. The minimum atomic E-state index is -0.133. The van der Waals surface area contributed by atoms with Crippen LogP contribution in [0.15, 0.2) is 206 Å². The van der Waals surface area contributed by atoms with Gasteiger partial charge in [0, 0.05) is 36.2 Å². The standard InChI is InChI=1S/C66H78B4N4O3/c1-71(2)43-41-69(55-25-17-11-18-26-55)57-33-29-51(30-34-57)61-45-59(67(49-75)47-63(73(5)6)53-21-13-9-14-22-53)37-39-65(61)77-66-40-38-60(68(50-76)48-64(74(7)8)54-23-15-10-16-24-54)46-62(66)52-31-35-58(36-32-52)70(42-44-72(3)4)56-27-19-12-20-28-56/h9-40,45-46,63-64,75-76H,41-44,47-50H2,1-8H3. The third kappa shape index (κ3) is 15.0. The average Bonchev–Trinajstić information content (AvgIpc) is 3.47. The van der Waals surface area contributed by atoms with E-state index in [4.69, 9.17) is 4.74 Å². The first kappa shape index (κ1) is 56.8. The van der Waals surface area contributed by atoms with E-state index < -0.39 is 0 Å². The molecule has 2 atom stereocenters. The first-order chi connectivity index (χ1) is 37.4. The molecule has 0 saturated carbocycles. The lowest BCUT2D eigenvalue weighted by Gasteiger charge is -2.28. The third-order valence-electron chi connectivity index (χ3n) is 15.6. The molecule has 2 unspecified atom stereocenters. The van der Waals surface area contributed by atoms with Gasteiger partial charge in [-0.2, -0.15) is 0 Å². The van der Waals surface area contributed by atoms with Gasteiger partial charge in [-0.15, -0.1) is 0 Å². The minimum absolute atomic E-state index is 0.00718. The first-order valence-corrected chi connectivity index (χ1v) is 27.6. The Bertz CT molecular complexity index is 2820. The predicted octanol–water partition coefficient (Wildman–Crippen LogP) is 8.23. The summed E-state index contributed by atoms with van der Waals surface area (Å²) in [5.41, 5.74) is 13.7. The second-order valence-electron chi connectivity index (χ2n) is 22.0. The Morgan fingerprint density at radius 2 is 0.688 bits per heavy atom. The van der Waals surface area contributed by atoms with Gasteiger partial charge in [0.1, 0.15) is 11.5 Å². The molecule has 8 rings (SSSR count). The molecule has 0 heterocycles. The molecule has 0 bridgehead atoms. The van der Waals surface area contributed by atoms with Crippen LogP contribution in [0.4, 0.5) is 0 Å². The van der Waals surface area contributed by atoms with Gasteiger partial charge in [-0.05, 0) is 116 Å². The van der Waals surface area contributed by atoms with E-state index in [0.717, 1.165) is 83.0 Å². The molecule has 0 amide bonds. The fourth-order valence-corrected chi connectivity index (χ4v) is 11.1. The van der Waals surface area contributed by atoms with Gasteiger partial charge in [0.25, 0.3) is 0 Å². The summed E-state index contributed by atoms with van der Waals surface area (Å²) >= 11 is 0. The maximum atomic E-state index is 11.2. The van der Waals surface area contributed by atoms with Crippen molar-refractivity contribution in [3.63, 3.8) is 0 Å². The monoisotopic (exact) mass is 1020 g/mol. The molecule has 7 nitrogen and oxygen atoms in total. The summed E-state index contributed by atoms with van der Waals surface area (Å²) in [6, 6.07) is 74.2. The van der Waals surface area contributed by atoms with Crippen LogP contribution in [-0.2, 0) is 0 Å². The molecular formula is C66H78B4N4O3. The molecule has 0 aliphatic carbocycles. The highest BCUT2D eigenvalue weighted by atomic mass is 16.5. The number of ether oxygens (including phenoxy) is 1. The van der Waals surface area contributed by atoms with Crippen LogP contribution in [0.2, 0.25) is 25.3 Å². The quantitative estimate of drug-likeness (QED) is 0.0531. The molecule has 0 saturated heterocycles. The summed E-state index contributed by atoms with van der Waals surface area (Å²) < 4.78 is 7.33. The molecule has 8 aromatic carbocycles. The van der Waals surface area contributed by atoms with Gasteiger partial charge in [-0.3, -0.25) is 0 Å². The van der Waals surface area contributed by atoms with Gasteiger partial charge in [-0.1, -0.05) is 240 Å². The highest BCUT2D eigenvalue weighted by molar-refractivity contribution is 6.85. The maximum Gasteiger partial charge on any atom is 0.210 e. The summed E-state index contributed by atoms with van der Waals surface area (Å²) in [5.74, 6) is 1.46. The fraction of sp³-hybridized carbons (Fsp3) is 0.273. The van der Waals surface area contributed by atoms with Crippen molar-refractivity contribution in [2.24, 2.45) is 0 Å². The lowest BCUT2D eigenvalue weighted by atomic mass is 9.38. The van der Waals surface area contributed by atoms with Crippen molar-refractivity contribution in [2.45, 2.75) is 37.4 Å². The molecule has 0 aliphatic heterocycles. The van der Waals surface area contributed by atoms with Crippen molar-refractivity contribution < 1.29 is 14.9 Å². The van der Waals surface area contributed by atoms with Gasteiger partial charge in [-0.25, -0.2) is 0 Å². The summed E-state index contributed by atoms with van der Waals surface area (Å²) in [6.07, 6.45) is 3.47. The van der Waals surface area contributed by atoms with Gasteiger partial charge < -0.3 is 34.5 Å². The van der Waals surface area contributed by atoms with Crippen molar-refractivity contribution >= 4 is 59.6 Å². The van der Waals surface area contributed by atoms with Crippen molar-refractivity contribution in [3.05, 3.63) is 217 Å². The maximum absolute atomic E-state index is 11.2. The lowest BCUT2D eigenvalue weighted by Crippen LogP contribution is -2.43. The molecule has 0 aliphatic rings. The third-order valence-corrected chi connectivity index (χ3v) is 15.6. The van der Waals surface area contributed by atoms with Crippen LogP contribution in [0.5, 0.6) is 11.5 Å². The smallest absolute Gasteiger partial charge is 0.210 e. The highest BCUT2D eigenvalue weighted by Crippen LogP contribution is 2.38. The van der Waals surface area contributed by atoms with Crippen LogP contribution in [0.1, 0.15) is 23.2 Å². The lowest BCUT2D eigenvalue weighted by molar-refractivity contribution is 0.313. The number of aliphatic hydroxyl groups excluding tert-OH is 2. The summed E-state index contributed by atoms with van der Waals surface area (Å²) in [5, 5.41) is 22.4. The Balaban J connectivity index is 1.23. The van der Waals surface area contributed by atoms with Crippen LogP contribution in [0, 0.1) is 0 Å². The van der Waals surface area contributed by atoms with Gasteiger partial charge in [0.05, 0.1) is 0 Å². The number of hydrogen-bond donors (Lipinski definition) is 2. The van der Waals surface area contributed by atoms with Crippen LogP contribution in [0.3, 0.4) is 0 Å². The van der Waals surface area contributed by atoms with Crippen molar-refractivity contribution in [1.29, 1.82) is 0 Å². The van der Waals surface area contributed by atoms with Crippen molar-refractivity contribution in [2.75, 3.05) is 82.5 Å². The van der Waals surface area contributed by atoms with E-state index in [1.54, 1.807) is 0 Å². The van der Waals surface area contributed by atoms with Crippen molar-refractivity contribution in [1.82, 2.24) is 19.6 Å². The molecule has 11 heteroatoms. The average molecular weight is 1020 g/mol. The normalized spacial score (nSPS) is 12.3. The van der Waals surface area contributed by atoms with E-state index in [0.29, 0.717) is 0 Å². The number of hydrogen-bond acceptors (Lipinski definition) is 7. The second-order valence-corrected chi connectivity index (χ2v) is 22.0. The van der Waals surface area contributed by atoms with E-state index in [2.05, 4.69) is 282 Å². The van der Waals surface area contributed by atoms with Gasteiger partial charge in [0.15, 0.2) is 0 Å². The molecular weight excluding hydrogens is 940 g/mol. The Labute approximate surface area is 462 Å². The van der Waals surface area contributed by atoms with E-state index in [1.165, 1.54) is 33.0 Å². The van der Waals surface area contributed by atoms with Gasteiger partial charge in [0.2, 0.25) is 26.9 Å². The Morgan fingerprint density at radius 1 is 0.377 bits per heavy atom. The predicted molar refractivity (Wildman–Crippen MR) is 334 cm³/mol. The van der Waals surface area contributed by atoms with E-state index in [-0.39, 0.29) is 51.9 Å². The number of nitrogens with zero attached hydrogens (tertiary/aromatic N) is 4. The van der Waals surface area contributed by atoms with Crippen LogP contribution in [-0.4, -0.2) is 139 Å². The topological polar surface area (TPSA) is 62.7 Å². The zero-order chi connectivity index (χ0) is 54.3.